The number of ether oxygens (including phenoxy) is 3. The molecule has 0 spiro atoms. The van der Waals surface area contributed by atoms with Crippen molar-refractivity contribution < 1.29 is 24.1 Å². The van der Waals surface area contributed by atoms with E-state index in [4.69, 9.17) is 14.2 Å². The Morgan fingerprint density at radius 1 is 1.30 bits per heavy atom. The van der Waals surface area contributed by atoms with Crippen LogP contribution >= 0.6 is 0 Å². The molecular formula is C24H28N4O5. The van der Waals surface area contributed by atoms with Gasteiger partial charge in [0.25, 0.3) is 0 Å². The number of hydrogen-bond acceptors (Lipinski definition) is 7. The highest BCUT2D eigenvalue weighted by Crippen LogP contribution is 2.38. The second-order valence-corrected chi connectivity index (χ2v) is 8.38. The first-order chi connectivity index (χ1) is 16.1. The number of hydrogen-bond donors (Lipinski definition) is 4. The number of aliphatic hydroxyl groups excluding tert-OH is 1. The van der Waals surface area contributed by atoms with E-state index in [9.17, 15) is 9.90 Å². The van der Waals surface area contributed by atoms with Gasteiger partial charge in [-0.15, -0.1) is 0 Å². The topological polar surface area (TPSA) is 118 Å². The van der Waals surface area contributed by atoms with E-state index in [2.05, 4.69) is 20.6 Å². The van der Waals surface area contributed by atoms with Gasteiger partial charge in [-0.25, -0.2) is 4.98 Å². The summed E-state index contributed by atoms with van der Waals surface area (Å²) in [6.07, 6.45) is 2.27. The van der Waals surface area contributed by atoms with Crippen molar-refractivity contribution in [2.24, 2.45) is 5.92 Å². The number of rotatable bonds is 7. The first-order valence-electron chi connectivity index (χ1n) is 11.1. The molecule has 0 bridgehead atoms. The van der Waals surface area contributed by atoms with Crippen LogP contribution in [0.25, 0.3) is 22.2 Å². The normalized spacial score (nSPS) is 19.4. The van der Waals surface area contributed by atoms with Crippen LogP contribution in [0.1, 0.15) is 36.3 Å². The van der Waals surface area contributed by atoms with Crippen LogP contribution in [0, 0.1) is 5.92 Å². The maximum Gasteiger partial charge on any atom is 0.228 e. The molecule has 2 atom stereocenters. The third kappa shape index (κ3) is 4.32. The number of nitrogens with one attached hydrogen (secondary N) is 3. The number of pyridine rings is 1. The fraction of sp³-hybridized carbons (Fsp3) is 0.417. The standard InChI is InChI=1S/C24H28N4O5/c1-25-24(30)18-11-26-22(28-23(29)13-3-4-13)21-17(18)10-19(27-21)15-6-5-14(31-2)9-16(15)20-12-32-7-8-33-20/h5-6,9-11,13,20,24-25,27,30H,3-4,7-8,12H2,1-2H3,(H,26,28,29)/t20-,24?/m0/s1. The van der Waals surface area contributed by atoms with Gasteiger partial charge in [-0.3, -0.25) is 10.1 Å². The minimum Gasteiger partial charge on any atom is -0.497 e. The smallest absolute Gasteiger partial charge is 0.228 e. The summed E-state index contributed by atoms with van der Waals surface area (Å²) in [5.74, 6) is 1.20. The maximum atomic E-state index is 12.4. The van der Waals surface area contributed by atoms with E-state index in [1.165, 1.54) is 0 Å². The summed E-state index contributed by atoms with van der Waals surface area (Å²) >= 11 is 0. The van der Waals surface area contributed by atoms with Crippen molar-refractivity contribution in [1.82, 2.24) is 15.3 Å². The van der Waals surface area contributed by atoms with Gasteiger partial charge >= 0.3 is 0 Å². The van der Waals surface area contributed by atoms with Crippen molar-refractivity contribution in [2.45, 2.75) is 25.2 Å². The lowest BCUT2D eigenvalue weighted by Gasteiger charge is -2.25. The van der Waals surface area contributed by atoms with Gasteiger partial charge in [-0.05, 0) is 49.7 Å². The van der Waals surface area contributed by atoms with Gasteiger partial charge in [0.1, 0.15) is 18.1 Å². The van der Waals surface area contributed by atoms with Gasteiger partial charge in [0, 0.05) is 34.3 Å². The van der Waals surface area contributed by atoms with Crippen LogP contribution in [0.5, 0.6) is 5.75 Å². The van der Waals surface area contributed by atoms with Gasteiger partial charge in [0.15, 0.2) is 5.82 Å². The average Bonchev–Trinajstić information content (AvgIpc) is 3.62. The van der Waals surface area contributed by atoms with Crippen molar-refractivity contribution in [3.63, 3.8) is 0 Å². The number of carbonyl (C=O) groups is 1. The summed E-state index contributed by atoms with van der Waals surface area (Å²) in [6, 6.07) is 7.79. The number of benzene rings is 1. The lowest BCUT2D eigenvalue weighted by molar-refractivity contribution is -0.117. The molecule has 33 heavy (non-hydrogen) atoms. The highest BCUT2D eigenvalue weighted by molar-refractivity contribution is 6.03. The van der Waals surface area contributed by atoms with E-state index in [1.807, 2.05) is 24.3 Å². The number of H-pyrrole nitrogens is 1. The van der Waals surface area contributed by atoms with Crippen LogP contribution in [-0.2, 0) is 14.3 Å². The summed E-state index contributed by atoms with van der Waals surface area (Å²) < 4.78 is 17.1. The Morgan fingerprint density at radius 3 is 2.85 bits per heavy atom. The highest BCUT2D eigenvalue weighted by Gasteiger charge is 2.31. The van der Waals surface area contributed by atoms with Crippen molar-refractivity contribution in [2.75, 3.05) is 39.3 Å². The van der Waals surface area contributed by atoms with E-state index in [0.29, 0.717) is 36.7 Å². The van der Waals surface area contributed by atoms with Gasteiger partial charge < -0.3 is 29.6 Å². The fourth-order valence-electron chi connectivity index (χ4n) is 4.16. The predicted octanol–water partition coefficient (Wildman–Crippen LogP) is 2.89. The number of fused-ring (bicyclic) bond motifs is 1. The molecule has 5 rings (SSSR count). The van der Waals surface area contributed by atoms with E-state index in [0.717, 1.165) is 40.8 Å². The molecule has 1 unspecified atom stereocenters. The molecule has 2 fully saturated rings. The number of amides is 1. The van der Waals surface area contributed by atoms with Crippen LogP contribution in [0.15, 0.2) is 30.5 Å². The zero-order valence-corrected chi connectivity index (χ0v) is 18.7. The molecule has 2 aromatic heterocycles. The molecule has 9 nitrogen and oxygen atoms in total. The zero-order valence-electron chi connectivity index (χ0n) is 18.7. The first-order valence-corrected chi connectivity index (χ1v) is 11.1. The van der Waals surface area contributed by atoms with E-state index in [-0.39, 0.29) is 17.9 Å². The number of aromatic amines is 1. The van der Waals surface area contributed by atoms with Crippen LogP contribution in [0.3, 0.4) is 0 Å². The Morgan fingerprint density at radius 2 is 2.15 bits per heavy atom. The number of methoxy groups -OCH3 is 1. The zero-order chi connectivity index (χ0) is 22.9. The molecule has 3 aromatic rings. The lowest BCUT2D eigenvalue weighted by Crippen LogP contribution is -2.22. The highest BCUT2D eigenvalue weighted by atomic mass is 16.6. The molecule has 1 aliphatic heterocycles. The second-order valence-electron chi connectivity index (χ2n) is 8.38. The summed E-state index contributed by atoms with van der Waals surface area (Å²) in [5.41, 5.74) is 3.95. The number of aromatic nitrogens is 2. The summed E-state index contributed by atoms with van der Waals surface area (Å²) in [7, 11) is 3.31. The van der Waals surface area contributed by atoms with Crippen molar-refractivity contribution >= 4 is 22.6 Å². The lowest BCUT2D eigenvalue weighted by atomic mass is 9.99. The van der Waals surface area contributed by atoms with Gasteiger partial charge in [-0.2, -0.15) is 0 Å². The van der Waals surface area contributed by atoms with Crippen LogP contribution in [-0.4, -0.2) is 55.0 Å². The van der Waals surface area contributed by atoms with E-state index >= 15 is 0 Å². The van der Waals surface area contributed by atoms with Gasteiger partial charge in [0.05, 0.1) is 32.4 Å². The fourth-order valence-corrected chi connectivity index (χ4v) is 4.16. The molecular weight excluding hydrogens is 424 g/mol. The molecule has 1 aliphatic carbocycles. The maximum absolute atomic E-state index is 12.4. The number of anilines is 1. The first kappa shape index (κ1) is 21.8. The number of carbonyl (C=O) groups excluding carboxylic acids is 1. The Hall–Kier alpha value is -2.98. The predicted molar refractivity (Wildman–Crippen MR) is 123 cm³/mol. The Bertz CT molecular complexity index is 1170. The molecule has 1 aromatic carbocycles. The number of aliphatic hydroxyl groups is 1. The molecule has 9 heteroatoms. The molecule has 2 aliphatic rings. The van der Waals surface area contributed by atoms with Crippen LogP contribution < -0.4 is 15.4 Å². The molecule has 1 amide bonds. The number of nitrogens with zero attached hydrogens (tertiary/aromatic N) is 1. The Balaban J connectivity index is 1.63. The summed E-state index contributed by atoms with van der Waals surface area (Å²) in [4.78, 5) is 20.3. The third-order valence-electron chi connectivity index (χ3n) is 6.17. The quantitative estimate of drug-likeness (QED) is 0.407. The molecule has 1 saturated heterocycles. The van der Waals surface area contributed by atoms with Crippen molar-refractivity contribution in [1.29, 1.82) is 0 Å². The minimum absolute atomic E-state index is 0.0280. The van der Waals surface area contributed by atoms with E-state index in [1.54, 1.807) is 20.4 Å². The largest absolute Gasteiger partial charge is 0.497 e. The van der Waals surface area contributed by atoms with Crippen molar-refractivity contribution in [3.8, 4) is 17.0 Å². The van der Waals surface area contributed by atoms with Crippen molar-refractivity contribution in [3.05, 3.63) is 41.6 Å². The Kier molecular flexibility index (Phi) is 6.03. The molecule has 1 saturated carbocycles. The molecule has 174 valence electrons. The summed E-state index contributed by atoms with van der Waals surface area (Å²) in [5, 5.41) is 17.1. The van der Waals surface area contributed by atoms with E-state index < -0.39 is 6.23 Å². The Labute approximate surface area is 191 Å². The average molecular weight is 453 g/mol. The van der Waals surface area contributed by atoms with Crippen LogP contribution in [0.2, 0.25) is 0 Å². The third-order valence-corrected chi connectivity index (χ3v) is 6.17. The monoisotopic (exact) mass is 452 g/mol. The molecule has 0 radical (unpaired) electrons. The van der Waals surface area contributed by atoms with Gasteiger partial charge in [-0.1, -0.05) is 0 Å². The summed E-state index contributed by atoms with van der Waals surface area (Å²) in [6.45, 7) is 1.55. The van der Waals surface area contributed by atoms with Gasteiger partial charge in [0.2, 0.25) is 5.91 Å². The molecule has 4 N–H and O–H groups in total. The SMILES string of the molecule is CNC(O)c1cnc(NC(=O)C2CC2)c2[nH]c(-c3ccc(OC)cc3[C@@H]3COCCO3)cc12. The van der Waals surface area contributed by atoms with Crippen LogP contribution in [0.4, 0.5) is 5.82 Å². The molecule has 3 heterocycles. The minimum atomic E-state index is -0.901. The second kappa shape index (κ2) is 9.11.